The summed E-state index contributed by atoms with van der Waals surface area (Å²) in [5.41, 5.74) is 1.43. The zero-order chi connectivity index (χ0) is 19.9. The van der Waals surface area contributed by atoms with Crippen molar-refractivity contribution >= 4 is 23.4 Å². The van der Waals surface area contributed by atoms with Gasteiger partial charge in [0.25, 0.3) is 11.8 Å². The Kier molecular flexibility index (Phi) is 6.42. The van der Waals surface area contributed by atoms with E-state index >= 15 is 0 Å². The molecule has 0 fully saturated rings. The molecule has 146 valence electrons. The van der Waals surface area contributed by atoms with Crippen molar-refractivity contribution < 1.29 is 19.1 Å². The van der Waals surface area contributed by atoms with Gasteiger partial charge < -0.3 is 10.1 Å². The van der Waals surface area contributed by atoms with Crippen molar-refractivity contribution in [2.24, 2.45) is 0 Å². The highest BCUT2D eigenvalue weighted by atomic mass is 16.5. The van der Waals surface area contributed by atoms with Crippen molar-refractivity contribution in [2.45, 2.75) is 32.6 Å². The van der Waals surface area contributed by atoms with Crippen LogP contribution in [0.15, 0.2) is 48.5 Å². The monoisotopic (exact) mass is 380 g/mol. The van der Waals surface area contributed by atoms with Gasteiger partial charge in [-0.3, -0.25) is 19.3 Å². The third kappa shape index (κ3) is 4.57. The normalized spacial score (nSPS) is 12.8. The second-order valence-corrected chi connectivity index (χ2v) is 6.69. The molecule has 0 aromatic heterocycles. The van der Waals surface area contributed by atoms with E-state index in [1.165, 1.54) is 0 Å². The molecule has 28 heavy (non-hydrogen) atoms. The minimum Gasteiger partial charge on any atom is -0.494 e. The summed E-state index contributed by atoms with van der Waals surface area (Å²) in [6.45, 7) is 2.88. The lowest BCUT2D eigenvalue weighted by Gasteiger charge is -2.13. The summed E-state index contributed by atoms with van der Waals surface area (Å²) >= 11 is 0. The molecule has 0 spiro atoms. The van der Waals surface area contributed by atoms with E-state index < -0.39 is 0 Å². The average molecular weight is 380 g/mol. The standard InChI is InChI=1S/C22H24N2O4/c1-2-3-6-15-28-17-11-9-16(10-12-17)23-20(25)13-14-24-21(26)18-7-4-5-8-19(18)22(24)27/h4-5,7-12H,2-3,6,13-15H2,1H3,(H,23,25). The molecule has 0 aliphatic carbocycles. The van der Waals surface area contributed by atoms with E-state index in [2.05, 4.69) is 12.2 Å². The van der Waals surface area contributed by atoms with Crippen LogP contribution in [0.2, 0.25) is 0 Å². The number of rotatable bonds is 9. The average Bonchev–Trinajstić information content (AvgIpc) is 2.95. The number of hydrogen-bond donors (Lipinski definition) is 1. The van der Waals surface area contributed by atoms with E-state index in [0.717, 1.165) is 29.9 Å². The first kappa shape index (κ1) is 19.6. The fraction of sp³-hybridized carbons (Fsp3) is 0.318. The van der Waals surface area contributed by atoms with Gasteiger partial charge in [0, 0.05) is 18.7 Å². The summed E-state index contributed by atoms with van der Waals surface area (Å²) in [7, 11) is 0. The quantitative estimate of drug-likeness (QED) is 0.529. The van der Waals surface area contributed by atoms with Crippen LogP contribution in [-0.4, -0.2) is 35.8 Å². The molecular formula is C22H24N2O4. The van der Waals surface area contributed by atoms with Crippen molar-refractivity contribution in [3.05, 3.63) is 59.7 Å². The van der Waals surface area contributed by atoms with Gasteiger partial charge in [0.2, 0.25) is 5.91 Å². The van der Waals surface area contributed by atoms with Gasteiger partial charge in [-0.25, -0.2) is 0 Å². The Balaban J connectivity index is 1.47. The van der Waals surface area contributed by atoms with E-state index in [9.17, 15) is 14.4 Å². The van der Waals surface area contributed by atoms with E-state index in [-0.39, 0.29) is 30.7 Å². The smallest absolute Gasteiger partial charge is 0.261 e. The first-order valence-corrected chi connectivity index (χ1v) is 9.58. The molecule has 0 saturated heterocycles. The van der Waals surface area contributed by atoms with Gasteiger partial charge in [0.1, 0.15) is 5.75 Å². The number of carbonyl (C=O) groups excluding carboxylic acids is 3. The molecule has 3 rings (SSSR count). The van der Waals surface area contributed by atoms with Gasteiger partial charge >= 0.3 is 0 Å². The van der Waals surface area contributed by atoms with E-state index in [0.29, 0.717) is 23.4 Å². The number of carbonyl (C=O) groups is 3. The predicted molar refractivity (Wildman–Crippen MR) is 107 cm³/mol. The molecule has 1 heterocycles. The lowest BCUT2D eigenvalue weighted by molar-refractivity contribution is -0.116. The number of nitrogens with zero attached hydrogens (tertiary/aromatic N) is 1. The van der Waals surface area contributed by atoms with Gasteiger partial charge in [-0.05, 0) is 42.8 Å². The Morgan fingerprint density at radius 3 is 2.21 bits per heavy atom. The number of amides is 3. The Bertz CT molecular complexity index is 826. The minimum atomic E-state index is -0.349. The zero-order valence-corrected chi connectivity index (χ0v) is 15.9. The largest absolute Gasteiger partial charge is 0.494 e. The number of ether oxygens (including phenoxy) is 1. The van der Waals surface area contributed by atoms with Crippen LogP contribution >= 0.6 is 0 Å². The Labute approximate surface area is 164 Å². The van der Waals surface area contributed by atoms with Gasteiger partial charge in [0.05, 0.1) is 17.7 Å². The second kappa shape index (κ2) is 9.17. The molecule has 1 N–H and O–H groups in total. The van der Waals surface area contributed by atoms with Crippen LogP contribution in [0, 0.1) is 0 Å². The number of anilines is 1. The number of hydrogen-bond acceptors (Lipinski definition) is 4. The second-order valence-electron chi connectivity index (χ2n) is 6.69. The molecule has 0 bridgehead atoms. The maximum Gasteiger partial charge on any atom is 0.261 e. The maximum atomic E-state index is 12.3. The van der Waals surface area contributed by atoms with Gasteiger partial charge in [0.15, 0.2) is 0 Å². The molecule has 6 nitrogen and oxygen atoms in total. The third-order valence-corrected chi connectivity index (χ3v) is 4.60. The highest BCUT2D eigenvalue weighted by molar-refractivity contribution is 6.21. The zero-order valence-electron chi connectivity index (χ0n) is 15.9. The topological polar surface area (TPSA) is 75.7 Å². The van der Waals surface area contributed by atoms with Gasteiger partial charge in [-0.15, -0.1) is 0 Å². The third-order valence-electron chi connectivity index (χ3n) is 4.60. The molecule has 0 radical (unpaired) electrons. The SMILES string of the molecule is CCCCCOc1ccc(NC(=O)CCN2C(=O)c3ccccc3C2=O)cc1. The summed E-state index contributed by atoms with van der Waals surface area (Å²) in [5, 5.41) is 2.78. The fourth-order valence-corrected chi connectivity index (χ4v) is 3.06. The van der Waals surface area contributed by atoms with Crippen LogP contribution in [-0.2, 0) is 4.79 Å². The van der Waals surface area contributed by atoms with Gasteiger partial charge in [-0.1, -0.05) is 31.9 Å². The number of fused-ring (bicyclic) bond motifs is 1. The first-order valence-electron chi connectivity index (χ1n) is 9.58. The van der Waals surface area contributed by atoms with E-state index in [4.69, 9.17) is 4.74 Å². The van der Waals surface area contributed by atoms with Crippen LogP contribution in [0.4, 0.5) is 5.69 Å². The van der Waals surface area contributed by atoms with Crippen LogP contribution in [0.3, 0.4) is 0 Å². The molecule has 1 aliphatic rings. The molecule has 3 amide bonds. The van der Waals surface area contributed by atoms with Gasteiger partial charge in [-0.2, -0.15) is 0 Å². The summed E-state index contributed by atoms with van der Waals surface area (Å²) in [6.07, 6.45) is 3.35. The van der Waals surface area contributed by atoms with Crippen molar-refractivity contribution in [2.75, 3.05) is 18.5 Å². The maximum absolute atomic E-state index is 12.3. The molecule has 0 saturated carbocycles. The molecule has 6 heteroatoms. The van der Waals surface area contributed by atoms with Crippen molar-refractivity contribution in [1.29, 1.82) is 0 Å². The Morgan fingerprint density at radius 1 is 0.964 bits per heavy atom. The predicted octanol–water partition coefficient (Wildman–Crippen LogP) is 3.88. The highest BCUT2D eigenvalue weighted by Gasteiger charge is 2.34. The van der Waals surface area contributed by atoms with E-state index in [1.807, 2.05) is 12.1 Å². The minimum absolute atomic E-state index is 0.0424. The van der Waals surface area contributed by atoms with Crippen molar-refractivity contribution in [3.63, 3.8) is 0 Å². The molecule has 1 aliphatic heterocycles. The molecular weight excluding hydrogens is 356 g/mol. The summed E-state index contributed by atoms with van der Waals surface area (Å²) in [5.74, 6) is -0.191. The highest BCUT2D eigenvalue weighted by Crippen LogP contribution is 2.22. The number of unbranched alkanes of at least 4 members (excludes halogenated alkanes) is 2. The van der Waals surface area contributed by atoms with Crippen molar-refractivity contribution in [3.8, 4) is 5.75 Å². The lowest BCUT2D eigenvalue weighted by atomic mass is 10.1. The van der Waals surface area contributed by atoms with Crippen LogP contribution in [0.1, 0.15) is 53.3 Å². The molecule has 0 unspecified atom stereocenters. The van der Waals surface area contributed by atoms with Crippen LogP contribution in [0.25, 0.3) is 0 Å². The summed E-state index contributed by atoms with van der Waals surface area (Å²) < 4.78 is 5.64. The molecule has 2 aromatic rings. The fourth-order valence-electron chi connectivity index (χ4n) is 3.06. The summed E-state index contributed by atoms with van der Waals surface area (Å²) in [4.78, 5) is 37.9. The number of imide groups is 1. The first-order chi connectivity index (χ1) is 13.6. The van der Waals surface area contributed by atoms with Crippen LogP contribution in [0.5, 0.6) is 5.75 Å². The molecule has 2 aromatic carbocycles. The van der Waals surface area contributed by atoms with E-state index in [1.54, 1.807) is 36.4 Å². The number of nitrogens with one attached hydrogen (secondary N) is 1. The van der Waals surface area contributed by atoms with Crippen molar-refractivity contribution in [1.82, 2.24) is 4.90 Å². The Hall–Kier alpha value is -3.15. The van der Waals surface area contributed by atoms with Crippen LogP contribution < -0.4 is 10.1 Å². The lowest BCUT2D eigenvalue weighted by Crippen LogP contribution is -2.32. The Morgan fingerprint density at radius 2 is 1.61 bits per heavy atom. The number of benzene rings is 2. The summed E-state index contributed by atoms with van der Waals surface area (Å²) in [6, 6.07) is 13.9. The molecule has 0 atom stereocenters.